The minimum atomic E-state index is -0.337. The highest BCUT2D eigenvalue weighted by atomic mass is 16.7. The molecule has 5 atom stereocenters. The van der Waals surface area contributed by atoms with Crippen molar-refractivity contribution in [3.8, 4) is 0 Å². The quantitative estimate of drug-likeness (QED) is 0.616. The van der Waals surface area contributed by atoms with E-state index in [1.54, 1.807) is 0 Å². The first-order valence-electron chi connectivity index (χ1n) is 11.6. The Bertz CT molecular complexity index is 557. The topological polar surface area (TPSA) is 67.8 Å². The molecule has 1 amide bonds. The molecule has 0 radical (unpaired) electrons. The third kappa shape index (κ3) is 4.91. The number of allylic oxidation sites excluding steroid dienone is 1. The molecule has 4 rings (SSSR count). The van der Waals surface area contributed by atoms with Crippen molar-refractivity contribution in [2.24, 2.45) is 23.7 Å². The zero-order valence-electron chi connectivity index (χ0n) is 17.1. The summed E-state index contributed by atoms with van der Waals surface area (Å²) in [4.78, 5) is 13.0. The third-order valence-electron chi connectivity index (χ3n) is 7.48. The Balaban J connectivity index is 1.38. The first kappa shape index (κ1) is 20.2. The number of rotatable bonds is 8. The molecule has 3 unspecified atom stereocenters. The summed E-state index contributed by atoms with van der Waals surface area (Å²) >= 11 is 0. The molecule has 5 nitrogen and oxygen atoms in total. The van der Waals surface area contributed by atoms with E-state index in [1.807, 2.05) is 0 Å². The third-order valence-corrected chi connectivity index (χ3v) is 7.48. The van der Waals surface area contributed by atoms with Crippen molar-refractivity contribution >= 4 is 5.91 Å². The van der Waals surface area contributed by atoms with Gasteiger partial charge >= 0.3 is 0 Å². The van der Waals surface area contributed by atoms with Gasteiger partial charge < -0.3 is 19.9 Å². The molecule has 2 bridgehead atoms. The number of nitrogens with one attached hydrogen (secondary N) is 1. The number of hydrogen-bond donors (Lipinski definition) is 2. The Kier molecular flexibility index (Phi) is 6.94. The van der Waals surface area contributed by atoms with Crippen molar-refractivity contribution < 1.29 is 19.4 Å². The van der Waals surface area contributed by atoms with Gasteiger partial charge in [-0.3, -0.25) is 4.79 Å². The van der Waals surface area contributed by atoms with Gasteiger partial charge in [0, 0.05) is 19.1 Å². The number of aliphatic hydroxyl groups excluding tert-OH is 1. The van der Waals surface area contributed by atoms with Gasteiger partial charge in [-0.15, -0.1) is 0 Å². The molecular formula is C23H37NO4. The fourth-order valence-electron chi connectivity index (χ4n) is 5.93. The smallest absolute Gasteiger partial charge is 0.286 e. The van der Waals surface area contributed by atoms with Crippen molar-refractivity contribution in [1.29, 1.82) is 0 Å². The molecule has 0 spiro atoms. The molecule has 28 heavy (non-hydrogen) atoms. The highest BCUT2D eigenvalue weighted by Crippen LogP contribution is 2.44. The predicted molar refractivity (Wildman–Crippen MR) is 107 cm³/mol. The number of carbonyl (C=O) groups is 1. The molecule has 0 saturated heterocycles. The Morgan fingerprint density at radius 1 is 1.07 bits per heavy atom. The van der Waals surface area contributed by atoms with Crippen LogP contribution >= 0.6 is 0 Å². The van der Waals surface area contributed by atoms with Gasteiger partial charge in [0.2, 0.25) is 6.29 Å². The molecule has 158 valence electrons. The van der Waals surface area contributed by atoms with Gasteiger partial charge in [-0.2, -0.15) is 0 Å². The molecule has 0 aromatic rings. The minimum absolute atomic E-state index is 0.0398. The Labute approximate surface area is 169 Å². The maximum absolute atomic E-state index is 13.0. The summed E-state index contributed by atoms with van der Waals surface area (Å²) in [5.74, 6) is 2.94. The van der Waals surface area contributed by atoms with E-state index < -0.39 is 0 Å². The molecule has 2 N–H and O–H groups in total. The Hall–Kier alpha value is -1.07. The second-order valence-electron chi connectivity index (χ2n) is 9.43. The molecule has 0 aromatic heterocycles. The van der Waals surface area contributed by atoms with Crippen LogP contribution in [0.1, 0.15) is 77.0 Å². The highest BCUT2D eigenvalue weighted by Gasteiger charge is 2.41. The molecule has 3 fully saturated rings. The lowest BCUT2D eigenvalue weighted by atomic mass is 9.77. The first-order valence-corrected chi connectivity index (χ1v) is 11.6. The Morgan fingerprint density at radius 3 is 2.64 bits per heavy atom. The molecule has 1 aliphatic heterocycles. The van der Waals surface area contributed by atoms with E-state index in [1.165, 1.54) is 51.4 Å². The number of unbranched alkanes of at least 4 members (excludes halogenated alkanes) is 1. The zero-order chi connectivity index (χ0) is 19.3. The lowest BCUT2D eigenvalue weighted by molar-refractivity contribution is -0.152. The van der Waals surface area contributed by atoms with Crippen LogP contribution in [0.15, 0.2) is 11.8 Å². The van der Waals surface area contributed by atoms with Crippen molar-refractivity contribution in [3.63, 3.8) is 0 Å². The van der Waals surface area contributed by atoms with Crippen LogP contribution < -0.4 is 5.32 Å². The predicted octanol–water partition coefficient (Wildman–Crippen LogP) is 3.91. The van der Waals surface area contributed by atoms with Crippen molar-refractivity contribution in [2.75, 3.05) is 13.2 Å². The molecule has 5 heteroatoms. The van der Waals surface area contributed by atoms with E-state index in [0.29, 0.717) is 36.2 Å². The summed E-state index contributed by atoms with van der Waals surface area (Å²) in [7, 11) is 0. The zero-order valence-corrected chi connectivity index (χ0v) is 17.1. The number of aliphatic hydroxyl groups is 1. The van der Waals surface area contributed by atoms with E-state index in [4.69, 9.17) is 14.6 Å². The Morgan fingerprint density at radius 2 is 1.93 bits per heavy atom. The lowest BCUT2D eigenvalue weighted by Crippen LogP contribution is -2.42. The molecule has 4 aliphatic rings. The number of fused-ring (bicyclic) bond motifs is 2. The van der Waals surface area contributed by atoms with Gasteiger partial charge in [0.15, 0.2) is 5.76 Å². The van der Waals surface area contributed by atoms with Crippen LogP contribution in [0.3, 0.4) is 0 Å². The minimum Gasteiger partial charge on any atom is -0.459 e. The van der Waals surface area contributed by atoms with Crippen LogP contribution in [-0.4, -0.2) is 36.6 Å². The van der Waals surface area contributed by atoms with Gasteiger partial charge in [-0.25, -0.2) is 0 Å². The van der Waals surface area contributed by atoms with E-state index >= 15 is 0 Å². The molecule has 1 heterocycles. The SMILES string of the molecule is O=C(NC1CC2CCC1C2)C1=C[C@@H](C2CCCCC2)C[C@@H](OCCCCO)O1. The molecule has 0 aromatic carbocycles. The first-order chi connectivity index (χ1) is 13.7. The van der Waals surface area contributed by atoms with Crippen LogP contribution in [-0.2, 0) is 14.3 Å². The molecule has 3 aliphatic carbocycles. The largest absolute Gasteiger partial charge is 0.459 e. The van der Waals surface area contributed by atoms with Crippen LogP contribution in [0.25, 0.3) is 0 Å². The fourth-order valence-corrected chi connectivity index (χ4v) is 5.93. The van der Waals surface area contributed by atoms with Gasteiger partial charge in [0.05, 0.1) is 6.61 Å². The maximum Gasteiger partial charge on any atom is 0.286 e. The standard InChI is InChI=1S/C23H37NO4/c25-10-4-5-11-27-22-15-19(17-6-2-1-3-7-17)14-21(28-22)23(26)24-20-13-16-8-9-18(20)12-16/h14,16-20,22,25H,1-13,15H2,(H,24,26)/t16?,18?,19-,20?,22+/m1/s1. The van der Waals surface area contributed by atoms with Gasteiger partial charge in [0.1, 0.15) is 0 Å². The summed E-state index contributed by atoms with van der Waals surface area (Å²) in [5.41, 5.74) is 0. The lowest BCUT2D eigenvalue weighted by Gasteiger charge is -2.35. The van der Waals surface area contributed by atoms with Crippen LogP contribution in [0.4, 0.5) is 0 Å². The maximum atomic E-state index is 13.0. The molecular weight excluding hydrogens is 354 g/mol. The summed E-state index contributed by atoms with van der Waals surface area (Å²) < 4.78 is 12.0. The van der Waals surface area contributed by atoms with Gasteiger partial charge in [-0.05, 0) is 74.7 Å². The summed E-state index contributed by atoms with van der Waals surface area (Å²) in [6.45, 7) is 0.764. The van der Waals surface area contributed by atoms with Crippen molar-refractivity contribution in [1.82, 2.24) is 5.32 Å². The monoisotopic (exact) mass is 391 g/mol. The second kappa shape index (κ2) is 9.62. The van der Waals surface area contributed by atoms with Crippen LogP contribution in [0, 0.1) is 23.7 Å². The van der Waals surface area contributed by atoms with Crippen LogP contribution in [0.5, 0.6) is 0 Å². The van der Waals surface area contributed by atoms with Gasteiger partial charge in [-0.1, -0.05) is 25.7 Å². The van der Waals surface area contributed by atoms with E-state index in [2.05, 4.69) is 11.4 Å². The average Bonchev–Trinajstić information content (AvgIpc) is 3.35. The van der Waals surface area contributed by atoms with Crippen molar-refractivity contribution in [2.45, 2.75) is 89.4 Å². The van der Waals surface area contributed by atoms with E-state index in [-0.39, 0.29) is 18.8 Å². The second-order valence-corrected chi connectivity index (χ2v) is 9.43. The number of carbonyl (C=O) groups excluding carboxylic acids is 1. The number of amides is 1. The summed E-state index contributed by atoms with van der Waals surface area (Å²) in [5, 5.41) is 12.2. The van der Waals surface area contributed by atoms with Crippen molar-refractivity contribution in [3.05, 3.63) is 11.8 Å². The summed E-state index contributed by atoms with van der Waals surface area (Å²) in [6, 6.07) is 0.328. The average molecular weight is 392 g/mol. The van der Waals surface area contributed by atoms with E-state index in [9.17, 15) is 4.79 Å². The fraction of sp³-hybridized carbons (Fsp3) is 0.870. The number of ether oxygens (including phenoxy) is 2. The van der Waals surface area contributed by atoms with Gasteiger partial charge in [0.25, 0.3) is 5.91 Å². The number of hydrogen-bond acceptors (Lipinski definition) is 4. The van der Waals surface area contributed by atoms with Crippen LogP contribution in [0.2, 0.25) is 0 Å². The highest BCUT2D eigenvalue weighted by molar-refractivity contribution is 5.91. The summed E-state index contributed by atoms with van der Waals surface area (Å²) in [6.07, 6.45) is 15.6. The van der Waals surface area contributed by atoms with E-state index in [0.717, 1.165) is 31.6 Å². The normalized spacial score (nSPS) is 35.5. The molecule has 3 saturated carbocycles.